The highest BCUT2D eigenvalue weighted by molar-refractivity contribution is 7.19. The second-order valence-electron chi connectivity index (χ2n) is 7.08. The lowest BCUT2D eigenvalue weighted by Crippen LogP contribution is -2.32. The van der Waals surface area contributed by atoms with Crippen LogP contribution < -0.4 is 0 Å². The van der Waals surface area contributed by atoms with Gasteiger partial charge in [-0.25, -0.2) is 0 Å². The van der Waals surface area contributed by atoms with E-state index in [-0.39, 0.29) is 6.04 Å². The predicted molar refractivity (Wildman–Crippen MR) is 115 cm³/mol. The molecular weight excluding hydrogens is 388 g/mol. The van der Waals surface area contributed by atoms with Crippen molar-refractivity contribution < 1.29 is 0 Å². The Labute approximate surface area is 172 Å². The fourth-order valence-corrected chi connectivity index (χ4v) is 5.35. The zero-order valence-electron chi connectivity index (χ0n) is 15.4. The van der Waals surface area contributed by atoms with Gasteiger partial charge in [-0.05, 0) is 72.1 Å². The molecule has 5 rings (SSSR count). The van der Waals surface area contributed by atoms with E-state index in [9.17, 15) is 0 Å². The Morgan fingerprint density at radius 1 is 1.07 bits per heavy atom. The minimum atomic E-state index is 0.186. The van der Waals surface area contributed by atoms with Gasteiger partial charge in [0.15, 0.2) is 0 Å². The topological polar surface area (TPSA) is 44.8 Å². The smallest absolute Gasteiger partial charge is 0.0753 e. The third-order valence-corrected chi connectivity index (χ3v) is 6.81. The van der Waals surface area contributed by atoms with Gasteiger partial charge in [-0.1, -0.05) is 17.7 Å². The molecule has 0 aliphatic carbocycles. The van der Waals surface area contributed by atoms with E-state index in [0.717, 1.165) is 23.7 Å². The summed E-state index contributed by atoms with van der Waals surface area (Å²) in [5, 5.41) is 8.14. The van der Waals surface area contributed by atoms with Crippen LogP contribution in [0.1, 0.15) is 22.7 Å². The number of nitrogens with one attached hydrogen (secondary N) is 1. The molecule has 4 aromatic rings. The van der Waals surface area contributed by atoms with Gasteiger partial charge in [-0.2, -0.15) is 5.10 Å². The lowest BCUT2D eigenvalue weighted by molar-refractivity contribution is 0.265. The number of rotatable bonds is 3. The van der Waals surface area contributed by atoms with Crippen LogP contribution in [0.3, 0.4) is 0 Å². The molecule has 140 valence electrons. The number of halogens is 1. The summed E-state index contributed by atoms with van der Waals surface area (Å²) >= 11 is 8.06. The van der Waals surface area contributed by atoms with E-state index >= 15 is 0 Å². The summed E-state index contributed by atoms with van der Waals surface area (Å²) in [4.78, 5) is 9.04. The first-order chi connectivity index (χ1) is 13.7. The molecule has 1 aliphatic rings. The largest absolute Gasteiger partial charge is 0.295 e. The van der Waals surface area contributed by atoms with Gasteiger partial charge >= 0.3 is 0 Å². The fourth-order valence-electron chi connectivity index (χ4n) is 3.99. The van der Waals surface area contributed by atoms with Crippen molar-refractivity contribution in [3.63, 3.8) is 0 Å². The predicted octanol–water partition coefficient (Wildman–Crippen LogP) is 5.43. The van der Waals surface area contributed by atoms with Crippen LogP contribution in [0.25, 0.3) is 21.0 Å². The summed E-state index contributed by atoms with van der Waals surface area (Å²) in [5.74, 6) is 0. The van der Waals surface area contributed by atoms with Crippen LogP contribution >= 0.6 is 22.9 Å². The van der Waals surface area contributed by atoms with Crippen LogP contribution in [-0.4, -0.2) is 33.7 Å². The van der Waals surface area contributed by atoms with Gasteiger partial charge in [-0.15, -0.1) is 11.3 Å². The zero-order chi connectivity index (χ0) is 19.1. The summed E-state index contributed by atoms with van der Waals surface area (Å²) < 4.78 is 0. The molecule has 0 saturated heterocycles. The average molecular weight is 407 g/mol. The fraction of sp³-hybridized carbons (Fsp3) is 0.182. The number of fused-ring (bicyclic) bond motifs is 1. The molecule has 0 bridgehead atoms. The van der Waals surface area contributed by atoms with Crippen molar-refractivity contribution in [2.45, 2.75) is 12.5 Å². The van der Waals surface area contributed by atoms with Crippen molar-refractivity contribution in [3.05, 3.63) is 82.8 Å². The van der Waals surface area contributed by atoms with Crippen molar-refractivity contribution >= 4 is 22.9 Å². The van der Waals surface area contributed by atoms with E-state index < -0.39 is 0 Å². The van der Waals surface area contributed by atoms with Crippen molar-refractivity contribution in [3.8, 4) is 21.0 Å². The molecule has 1 N–H and O–H groups in total. The second-order valence-corrected chi connectivity index (χ2v) is 8.57. The molecule has 1 atom stereocenters. The number of nitrogens with zero attached hydrogens (tertiary/aromatic N) is 3. The lowest BCUT2D eigenvalue weighted by Gasteiger charge is -2.35. The quantitative estimate of drug-likeness (QED) is 0.493. The van der Waals surface area contributed by atoms with E-state index in [1.165, 1.54) is 32.0 Å². The summed E-state index contributed by atoms with van der Waals surface area (Å²) in [5.41, 5.74) is 6.20. The van der Waals surface area contributed by atoms with Gasteiger partial charge in [0.25, 0.3) is 0 Å². The van der Waals surface area contributed by atoms with Crippen LogP contribution in [0, 0.1) is 0 Å². The molecule has 0 spiro atoms. The van der Waals surface area contributed by atoms with E-state index in [2.05, 4.69) is 57.5 Å². The number of likely N-dealkylation sites (N-methyl/N-ethyl adjacent to an activating group) is 1. The first kappa shape index (κ1) is 17.6. The average Bonchev–Trinajstić information content (AvgIpc) is 3.38. The van der Waals surface area contributed by atoms with Crippen molar-refractivity contribution in [2.75, 3.05) is 13.6 Å². The Hall–Kier alpha value is -2.47. The Balaban J connectivity index is 1.70. The highest BCUT2D eigenvalue weighted by Gasteiger charge is 2.30. The monoisotopic (exact) mass is 406 g/mol. The summed E-state index contributed by atoms with van der Waals surface area (Å²) in [7, 11) is 2.20. The molecule has 6 heteroatoms. The number of hydrogen-bond donors (Lipinski definition) is 1. The van der Waals surface area contributed by atoms with E-state index in [0.29, 0.717) is 0 Å². The molecule has 1 aliphatic heterocycles. The maximum absolute atomic E-state index is 6.27. The molecule has 4 heterocycles. The van der Waals surface area contributed by atoms with Gasteiger partial charge in [0.1, 0.15) is 0 Å². The second kappa shape index (κ2) is 7.17. The third-order valence-electron chi connectivity index (χ3n) is 5.34. The Morgan fingerprint density at radius 3 is 2.71 bits per heavy atom. The third kappa shape index (κ3) is 3.05. The molecule has 28 heavy (non-hydrogen) atoms. The Kier molecular flexibility index (Phi) is 4.51. The van der Waals surface area contributed by atoms with Crippen LogP contribution in [0.4, 0.5) is 0 Å². The number of hydrogen-bond acceptors (Lipinski definition) is 4. The van der Waals surface area contributed by atoms with Crippen LogP contribution in [-0.2, 0) is 6.42 Å². The molecule has 0 fully saturated rings. The standard InChI is InChI=1S/C22H19ClN4S/c1-27-11-7-15-12-16(23)2-3-17(15)21(27)18-13-20(14-4-8-24-9-5-14)28-22(18)19-6-10-25-26-19/h2-6,8-10,12-13,21H,7,11H2,1H3,(H,25,26). The van der Waals surface area contributed by atoms with Crippen molar-refractivity contribution in [1.29, 1.82) is 0 Å². The summed E-state index contributed by atoms with van der Waals surface area (Å²) in [6, 6.07) is 15.0. The summed E-state index contributed by atoms with van der Waals surface area (Å²) in [6.45, 7) is 1.00. The molecule has 1 unspecified atom stereocenters. The first-order valence-corrected chi connectivity index (χ1v) is 10.4. The van der Waals surface area contributed by atoms with Crippen LogP contribution in [0.15, 0.2) is 61.1 Å². The lowest BCUT2D eigenvalue weighted by atomic mass is 9.88. The molecular formula is C22H19ClN4S. The number of H-pyrrole nitrogens is 1. The van der Waals surface area contributed by atoms with Crippen LogP contribution in [0.2, 0.25) is 5.02 Å². The molecule has 0 saturated carbocycles. The number of aromatic amines is 1. The Morgan fingerprint density at radius 2 is 1.93 bits per heavy atom. The van der Waals surface area contributed by atoms with Gasteiger partial charge < -0.3 is 0 Å². The van der Waals surface area contributed by atoms with Gasteiger partial charge in [-0.3, -0.25) is 15.0 Å². The summed E-state index contributed by atoms with van der Waals surface area (Å²) in [6.07, 6.45) is 6.51. The Bertz CT molecular complexity index is 1110. The normalized spacial score (nSPS) is 16.9. The van der Waals surface area contributed by atoms with E-state index in [1.807, 2.05) is 30.7 Å². The molecule has 3 aromatic heterocycles. The number of aromatic nitrogens is 3. The molecule has 1 aromatic carbocycles. The van der Waals surface area contributed by atoms with E-state index in [4.69, 9.17) is 11.6 Å². The van der Waals surface area contributed by atoms with Crippen LogP contribution in [0.5, 0.6) is 0 Å². The maximum Gasteiger partial charge on any atom is 0.0753 e. The van der Waals surface area contributed by atoms with E-state index in [1.54, 1.807) is 11.3 Å². The van der Waals surface area contributed by atoms with Gasteiger partial charge in [0.2, 0.25) is 0 Å². The molecule has 0 amide bonds. The number of thiophene rings is 1. The van der Waals surface area contributed by atoms with Gasteiger partial charge in [0.05, 0.1) is 16.6 Å². The number of pyridine rings is 1. The highest BCUT2D eigenvalue weighted by atomic mass is 35.5. The van der Waals surface area contributed by atoms with Crippen molar-refractivity contribution in [2.24, 2.45) is 0 Å². The number of benzene rings is 1. The minimum Gasteiger partial charge on any atom is -0.295 e. The minimum absolute atomic E-state index is 0.186. The highest BCUT2D eigenvalue weighted by Crippen LogP contribution is 2.45. The van der Waals surface area contributed by atoms with Gasteiger partial charge in [0, 0.05) is 35.0 Å². The first-order valence-electron chi connectivity index (χ1n) is 9.23. The SMILES string of the molecule is CN1CCc2cc(Cl)ccc2C1c1cc(-c2ccncc2)sc1-c1ccn[nH]1. The molecule has 4 nitrogen and oxygen atoms in total. The van der Waals surface area contributed by atoms with Crippen molar-refractivity contribution in [1.82, 2.24) is 20.1 Å². The zero-order valence-corrected chi connectivity index (χ0v) is 17.0. The maximum atomic E-state index is 6.27. The molecule has 0 radical (unpaired) electrons.